The third-order valence-corrected chi connectivity index (χ3v) is 5.38. The van der Waals surface area contributed by atoms with Crippen LogP contribution in [0.15, 0.2) is 67.1 Å². The largest absolute Gasteiger partial charge is 0.398 e. The van der Waals surface area contributed by atoms with E-state index in [1.807, 2.05) is 42.5 Å². The highest BCUT2D eigenvalue weighted by Gasteiger charge is 2.34. The second kappa shape index (κ2) is 7.40. The summed E-state index contributed by atoms with van der Waals surface area (Å²) in [6.07, 6.45) is 6.38. The first-order chi connectivity index (χ1) is 13.6. The fraction of sp³-hybridized carbons (Fsp3) is 0.227. The topological polar surface area (TPSA) is 99.1 Å². The molecule has 142 valence electrons. The summed E-state index contributed by atoms with van der Waals surface area (Å²) in [5, 5.41) is 19.5. The molecule has 1 aliphatic heterocycles. The summed E-state index contributed by atoms with van der Waals surface area (Å²) in [6.45, 7) is 1.37. The highest BCUT2D eigenvalue weighted by atomic mass is 16.3. The van der Waals surface area contributed by atoms with Gasteiger partial charge >= 0.3 is 0 Å². The molecule has 3 heterocycles. The van der Waals surface area contributed by atoms with E-state index in [9.17, 15) is 5.11 Å². The molecule has 1 aliphatic rings. The highest BCUT2D eigenvalue weighted by Crippen LogP contribution is 2.33. The van der Waals surface area contributed by atoms with Crippen LogP contribution in [0.2, 0.25) is 0 Å². The average Bonchev–Trinajstić information content (AvgIpc) is 2.75. The number of anilines is 2. The smallest absolute Gasteiger partial charge is 0.129 e. The van der Waals surface area contributed by atoms with Gasteiger partial charge in [-0.2, -0.15) is 0 Å². The fourth-order valence-corrected chi connectivity index (χ4v) is 3.66. The summed E-state index contributed by atoms with van der Waals surface area (Å²) in [5.74, 6) is 0.810. The van der Waals surface area contributed by atoms with Crippen molar-refractivity contribution in [3.8, 4) is 0 Å². The number of nitrogens with two attached hydrogens (primary N) is 1. The van der Waals surface area contributed by atoms with E-state index in [1.165, 1.54) is 0 Å². The SMILES string of the molecule is N=C(c1ccnc(N2CCC(O)(c3cccnc3)CC2)c1)c1ccccc1N. The number of hydrogen-bond acceptors (Lipinski definition) is 6. The number of aromatic nitrogens is 2. The Kier molecular flexibility index (Phi) is 4.79. The van der Waals surface area contributed by atoms with Gasteiger partial charge in [-0.25, -0.2) is 4.98 Å². The number of hydrogen-bond donors (Lipinski definition) is 3. The summed E-state index contributed by atoms with van der Waals surface area (Å²) in [4.78, 5) is 10.8. The van der Waals surface area contributed by atoms with Crippen molar-refractivity contribution < 1.29 is 5.11 Å². The molecule has 1 saturated heterocycles. The number of nitrogen functional groups attached to an aromatic ring is 1. The van der Waals surface area contributed by atoms with Gasteiger partial charge in [0, 0.05) is 54.1 Å². The molecule has 28 heavy (non-hydrogen) atoms. The quantitative estimate of drug-likeness (QED) is 0.482. The van der Waals surface area contributed by atoms with Crippen LogP contribution in [0.5, 0.6) is 0 Å². The average molecular weight is 373 g/mol. The van der Waals surface area contributed by atoms with Crippen LogP contribution in [0.1, 0.15) is 29.5 Å². The van der Waals surface area contributed by atoms with Crippen molar-refractivity contribution in [1.82, 2.24) is 9.97 Å². The van der Waals surface area contributed by atoms with E-state index >= 15 is 0 Å². The molecule has 0 bridgehead atoms. The summed E-state index contributed by atoms with van der Waals surface area (Å²) in [7, 11) is 0. The van der Waals surface area contributed by atoms with Gasteiger partial charge in [-0.05, 0) is 37.1 Å². The van der Waals surface area contributed by atoms with Gasteiger partial charge in [-0.3, -0.25) is 10.4 Å². The van der Waals surface area contributed by atoms with Crippen LogP contribution in [0.4, 0.5) is 11.5 Å². The normalized spacial score (nSPS) is 16.0. The molecule has 0 atom stereocenters. The maximum atomic E-state index is 11.0. The lowest BCUT2D eigenvalue weighted by Crippen LogP contribution is -2.43. The highest BCUT2D eigenvalue weighted by molar-refractivity contribution is 6.14. The fourth-order valence-electron chi connectivity index (χ4n) is 3.66. The predicted octanol–water partition coefficient (Wildman–Crippen LogP) is 2.96. The van der Waals surface area contributed by atoms with E-state index < -0.39 is 5.60 Å². The van der Waals surface area contributed by atoms with Crippen LogP contribution in [0, 0.1) is 5.41 Å². The van der Waals surface area contributed by atoms with Crippen molar-refractivity contribution in [2.75, 3.05) is 23.7 Å². The van der Waals surface area contributed by atoms with E-state index in [0.717, 1.165) is 16.9 Å². The van der Waals surface area contributed by atoms with Crippen LogP contribution >= 0.6 is 0 Å². The van der Waals surface area contributed by atoms with E-state index in [-0.39, 0.29) is 0 Å². The predicted molar refractivity (Wildman–Crippen MR) is 111 cm³/mol. The summed E-state index contributed by atoms with van der Waals surface area (Å²) in [5.41, 5.74) is 8.49. The molecule has 0 aliphatic carbocycles. The lowest BCUT2D eigenvalue weighted by Gasteiger charge is -2.39. The number of piperidine rings is 1. The minimum Gasteiger partial charge on any atom is -0.398 e. The number of nitrogens with one attached hydrogen (secondary N) is 1. The van der Waals surface area contributed by atoms with Gasteiger partial charge in [-0.1, -0.05) is 24.3 Å². The van der Waals surface area contributed by atoms with Crippen molar-refractivity contribution in [2.24, 2.45) is 0 Å². The Morgan fingerprint density at radius 3 is 2.57 bits per heavy atom. The Morgan fingerprint density at radius 1 is 1.07 bits per heavy atom. The number of rotatable bonds is 4. The zero-order valence-corrected chi connectivity index (χ0v) is 15.5. The number of pyridine rings is 2. The van der Waals surface area contributed by atoms with Crippen molar-refractivity contribution in [1.29, 1.82) is 5.41 Å². The Bertz CT molecular complexity index is 981. The third kappa shape index (κ3) is 3.46. The first-order valence-corrected chi connectivity index (χ1v) is 9.34. The summed E-state index contributed by atoms with van der Waals surface area (Å²) >= 11 is 0. The van der Waals surface area contributed by atoms with Crippen LogP contribution in [-0.2, 0) is 5.60 Å². The van der Waals surface area contributed by atoms with Gasteiger partial charge in [0.1, 0.15) is 5.82 Å². The lowest BCUT2D eigenvalue weighted by molar-refractivity contribution is 0.0113. The zero-order chi connectivity index (χ0) is 19.6. The van der Waals surface area contributed by atoms with Gasteiger partial charge in [0.15, 0.2) is 0 Å². The molecule has 0 amide bonds. The van der Waals surface area contributed by atoms with E-state index in [1.54, 1.807) is 24.7 Å². The number of benzene rings is 1. The standard InChI is InChI=1S/C22H23N5O/c23-19-6-2-1-5-18(19)21(24)16-7-11-26-20(14-16)27-12-8-22(28,9-13-27)17-4-3-10-25-15-17/h1-7,10-11,14-15,24,28H,8-9,12-13,23H2. The zero-order valence-electron chi connectivity index (χ0n) is 15.5. The molecule has 2 aromatic heterocycles. The van der Waals surface area contributed by atoms with E-state index in [4.69, 9.17) is 11.1 Å². The van der Waals surface area contributed by atoms with E-state index in [0.29, 0.717) is 42.9 Å². The maximum Gasteiger partial charge on any atom is 0.129 e. The van der Waals surface area contributed by atoms with Gasteiger partial charge in [0.25, 0.3) is 0 Å². The van der Waals surface area contributed by atoms with E-state index in [2.05, 4.69) is 14.9 Å². The molecule has 0 radical (unpaired) electrons. The van der Waals surface area contributed by atoms with Gasteiger partial charge < -0.3 is 15.7 Å². The molecule has 0 unspecified atom stereocenters. The van der Waals surface area contributed by atoms with Gasteiger partial charge in [0.05, 0.1) is 11.3 Å². The molecule has 4 rings (SSSR count). The van der Waals surface area contributed by atoms with Crippen LogP contribution in [-0.4, -0.2) is 33.9 Å². The molecule has 0 saturated carbocycles. The van der Waals surface area contributed by atoms with Gasteiger partial charge in [-0.15, -0.1) is 0 Å². The van der Waals surface area contributed by atoms with Crippen LogP contribution < -0.4 is 10.6 Å². The second-order valence-corrected chi connectivity index (χ2v) is 7.13. The monoisotopic (exact) mass is 373 g/mol. The Morgan fingerprint density at radius 2 is 1.86 bits per heavy atom. The first kappa shape index (κ1) is 18.1. The van der Waals surface area contributed by atoms with Crippen LogP contribution in [0.3, 0.4) is 0 Å². The Hall–Kier alpha value is -3.25. The molecule has 1 aromatic carbocycles. The van der Waals surface area contributed by atoms with Crippen molar-refractivity contribution >= 4 is 17.2 Å². The molecule has 6 nitrogen and oxygen atoms in total. The second-order valence-electron chi connectivity index (χ2n) is 7.13. The van der Waals surface area contributed by atoms with Crippen molar-refractivity contribution in [3.05, 3.63) is 83.8 Å². The van der Waals surface area contributed by atoms with Gasteiger partial charge in [0.2, 0.25) is 0 Å². The molecule has 1 fully saturated rings. The Labute approximate surface area is 164 Å². The first-order valence-electron chi connectivity index (χ1n) is 9.34. The molecule has 4 N–H and O–H groups in total. The number of nitrogens with zero attached hydrogens (tertiary/aromatic N) is 3. The molecule has 3 aromatic rings. The number of aliphatic hydroxyl groups is 1. The molecule has 6 heteroatoms. The molecular weight excluding hydrogens is 350 g/mol. The van der Waals surface area contributed by atoms with Crippen molar-refractivity contribution in [2.45, 2.75) is 18.4 Å². The van der Waals surface area contributed by atoms with Crippen molar-refractivity contribution in [3.63, 3.8) is 0 Å². The third-order valence-electron chi connectivity index (χ3n) is 5.38. The minimum atomic E-state index is -0.854. The van der Waals surface area contributed by atoms with Crippen LogP contribution in [0.25, 0.3) is 0 Å². The Balaban J connectivity index is 1.52. The molecular formula is C22H23N5O. The summed E-state index contributed by atoms with van der Waals surface area (Å²) < 4.78 is 0. The number of para-hydroxylation sites is 1. The lowest BCUT2D eigenvalue weighted by atomic mass is 9.85. The maximum absolute atomic E-state index is 11.0. The molecule has 0 spiro atoms. The summed E-state index contributed by atoms with van der Waals surface area (Å²) in [6, 6.07) is 14.9. The minimum absolute atomic E-state index is 0.380.